The van der Waals surface area contributed by atoms with E-state index in [9.17, 15) is 0 Å². The molecular weight excluding hydrogens is 248 g/mol. The minimum Gasteiger partial charge on any atom is -0.383 e. The topological polar surface area (TPSA) is 38.5 Å². The first-order chi connectivity index (χ1) is 9.31. The zero-order chi connectivity index (χ0) is 15.3. The minimum atomic E-state index is 0.439. The summed E-state index contributed by atoms with van der Waals surface area (Å²) in [6, 6.07) is 0.940. The van der Waals surface area contributed by atoms with E-state index < -0.39 is 0 Å². The van der Waals surface area contributed by atoms with Crippen LogP contribution in [0.2, 0.25) is 0 Å². The van der Waals surface area contributed by atoms with E-state index in [0.29, 0.717) is 17.5 Å². The summed E-state index contributed by atoms with van der Waals surface area (Å²) in [6.07, 6.45) is 5.37. The van der Waals surface area contributed by atoms with Crippen LogP contribution in [-0.2, 0) is 4.74 Å². The number of ether oxygens (including phenoxy) is 1. The lowest BCUT2D eigenvalue weighted by Crippen LogP contribution is -2.49. The Morgan fingerprint density at radius 2 is 1.75 bits per heavy atom. The van der Waals surface area contributed by atoms with Crippen molar-refractivity contribution in [2.75, 3.05) is 27.3 Å². The molecule has 0 aromatic heterocycles. The van der Waals surface area contributed by atoms with Crippen molar-refractivity contribution in [2.24, 2.45) is 23.0 Å². The van der Waals surface area contributed by atoms with Crippen molar-refractivity contribution in [3.8, 4) is 0 Å². The van der Waals surface area contributed by atoms with Gasteiger partial charge in [-0.15, -0.1) is 0 Å². The SMILES string of the molecule is COCC(C)N(C)C(CN)C1CCC(C(C)(C)C)CC1. The smallest absolute Gasteiger partial charge is 0.0615 e. The molecule has 0 bridgehead atoms. The summed E-state index contributed by atoms with van der Waals surface area (Å²) in [6.45, 7) is 10.9. The van der Waals surface area contributed by atoms with Crippen LogP contribution in [0.15, 0.2) is 0 Å². The van der Waals surface area contributed by atoms with E-state index in [4.69, 9.17) is 10.5 Å². The van der Waals surface area contributed by atoms with Crippen molar-refractivity contribution in [3.05, 3.63) is 0 Å². The van der Waals surface area contributed by atoms with Crippen LogP contribution in [0.25, 0.3) is 0 Å². The van der Waals surface area contributed by atoms with Crippen LogP contribution in [-0.4, -0.2) is 44.3 Å². The summed E-state index contributed by atoms with van der Waals surface area (Å²) < 4.78 is 5.29. The average molecular weight is 284 g/mol. The van der Waals surface area contributed by atoms with Gasteiger partial charge in [0, 0.05) is 25.7 Å². The van der Waals surface area contributed by atoms with Crippen LogP contribution in [0.1, 0.15) is 53.4 Å². The number of rotatable bonds is 6. The zero-order valence-electron chi connectivity index (χ0n) is 14.5. The third-order valence-corrected chi connectivity index (χ3v) is 5.41. The van der Waals surface area contributed by atoms with Crippen molar-refractivity contribution in [1.29, 1.82) is 0 Å². The first-order valence-electron chi connectivity index (χ1n) is 8.22. The van der Waals surface area contributed by atoms with E-state index in [2.05, 4.69) is 39.6 Å². The van der Waals surface area contributed by atoms with E-state index in [1.807, 2.05) is 0 Å². The minimum absolute atomic E-state index is 0.439. The van der Waals surface area contributed by atoms with E-state index in [1.165, 1.54) is 25.7 Å². The fourth-order valence-corrected chi connectivity index (χ4v) is 3.75. The van der Waals surface area contributed by atoms with Crippen molar-refractivity contribution < 1.29 is 4.74 Å². The number of hydrogen-bond acceptors (Lipinski definition) is 3. The summed E-state index contributed by atoms with van der Waals surface area (Å²) in [5.41, 5.74) is 6.53. The Morgan fingerprint density at radius 1 is 1.20 bits per heavy atom. The Hall–Kier alpha value is -0.120. The van der Waals surface area contributed by atoms with Gasteiger partial charge < -0.3 is 10.5 Å². The van der Waals surface area contributed by atoms with Gasteiger partial charge in [-0.2, -0.15) is 0 Å². The van der Waals surface area contributed by atoms with Gasteiger partial charge in [-0.05, 0) is 56.9 Å². The highest BCUT2D eigenvalue weighted by Gasteiger charge is 2.34. The normalized spacial score (nSPS) is 27.6. The number of nitrogens with two attached hydrogens (primary N) is 1. The molecule has 120 valence electrons. The maximum absolute atomic E-state index is 6.08. The van der Waals surface area contributed by atoms with E-state index in [1.54, 1.807) is 7.11 Å². The molecule has 1 fully saturated rings. The van der Waals surface area contributed by atoms with Gasteiger partial charge in [-0.3, -0.25) is 4.90 Å². The van der Waals surface area contributed by atoms with E-state index >= 15 is 0 Å². The number of likely N-dealkylation sites (N-methyl/N-ethyl adjacent to an activating group) is 1. The van der Waals surface area contributed by atoms with Gasteiger partial charge >= 0.3 is 0 Å². The molecule has 2 atom stereocenters. The Balaban J connectivity index is 2.56. The molecule has 0 radical (unpaired) electrons. The van der Waals surface area contributed by atoms with Crippen LogP contribution in [0, 0.1) is 17.3 Å². The maximum Gasteiger partial charge on any atom is 0.0615 e. The summed E-state index contributed by atoms with van der Waals surface area (Å²) in [5.74, 6) is 1.63. The first-order valence-corrected chi connectivity index (χ1v) is 8.22. The van der Waals surface area contributed by atoms with Crippen LogP contribution in [0.5, 0.6) is 0 Å². The number of hydrogen-bond donors (Lipinski definition) is 1. The summed E-state index contributed by atoms with van der Waals surface area (Å²) in [5, 5.41) is 0. The average Bonchev–Trinajstić information content (AvgIpc) is 2.39. The number of nitrogens with zero attached hydrogens (tertiary/aromatic N) is 1. The Kier molecular flexibility index (Phi) is 6.96. The molecule has 0 saturated heterocycles. The maximum atomic E-state index is 6.08. The van der Waals surface area contributed by atoms with Gasteiger partial charge in [0.2, 0.25) is 0 Å². The third-order valence-electron chi connectivity index (χ3n) is 5.41. The largest absolute Gasteiger partial charge is 0.383 e. The summed E-state index contributed by atoms with van der Waals surface area (Å²) in [7, 11) is 3.98. The Bertz CT molecular complexity index is 267. The predicted molar refractivity (Wildman–Crippen MR) is 86.8 cm³/mol. The van der Waals surface area contributed by atoms with Crippen LogP contribution in [0.4, 0.5) is 0 Å². The third kappa shape index (κ3) is 4.71. The molecule has 2 unspecified atom stereocenters. The highest BCUT2D eigenvalue weighted by molar-refractivity contribution is 4.88. The highest BCUT2D eigenvalue weighted by atomic mass is 16.5. The van der Waals surface area contributed by atoms with Crippen molar-refractivity contribution >= 4 is 0 Å². The lowest BCUT2D eigenvalue weighted by Gasteiger charge is -2.43. The zero-order valence-corrected chi connectivity index (χ0v) is 14.5. The second kappa shape index (κ2) is 7.77. The molecule has 1 rings (SSSR count). The van der Waals surface area contributed by atoms with Gasteiger partial charge in [0.05, 0.1) is 6.61 Å². The van der Waals surface area contributed by atoms with Gasteiger partial charge in [0.25, 0.3) is 0 Å². The lowest BCUT2D eigenvalue weighted by atomic mass is 9.68. The van der Waals surface area contributed by atoms with Crippen LogP contribution in [0.3, 0.4) is 0 Å². The van der Waals surface area contributed by atoms with Crippen molar-refractivity contribution in [2.45, 2.75) is 65.5 Å². The molecule has 3 nitrogen and oxygen atoms in total. The van der Waals surface area contributed by atoms with E-state index in [-0.39, 0.29) is 0 Å². The second-order valence-electron chi connectivity index (χ2n) is 7.75. The molecule has 3 heteroatoms. The molecule has 0 heterocycles. The fraction of sp³-hybridized carbons (Fsp3) is 1.00. The van der Waals surface area contributed by atoms with Gasteiger partial charge in [0.15, 0.2) is 0 Å². The molecule has 1 aliphatic rings. The molecule has 0 aliphatic heterocycles. The quantitative estimate of drug-likeness (QED) is 0.814. The standard InChI is InChI=1S/C17H36N2O/c1-13(12-20-6)19(5)16(11-18)14-7-9-15(10-8-14)17(2,3)4/h13-16H,7-12,18H2,1-6H3. The monoisotopic (exact) mass is 284 g/mol. The molecule has 0 amide bonds. The van der Waals surface area contributed by atoms with Crippen LogP contribution >= 0.6 is 0 Å². The summed E-state index contributed by atoms with van der Waals surface area (Å²) in [4.78, 5) is 2.44. The van der Waals surface area contributed by atoms with Gasteiger partial charge in [-0.25, -0.2) is 0 Å². The van der Waals surface area contributed by atoms with Gasteiger partial charge in [0.1, 0.15) is 0 Å². The second-order valence-corrected chi connectivity index (χ2v) is 7.75. The molecule has 20 heavy (non-hydrogen) atoms. The highest BCUT2D eigenvalue weighted by Crippen LogP contribution is 2.41. The Labute approximate surface area is 126 Å². The first kappa shape index (κ1) is 17.9. The van der Waals surface area contributed by atoms with Gasteiger partial charge in [-0.1, -0.05) is 20.8 Å². The molecule has 0 aromatic rings. The number of methoxy groups -OCH3 is 1. The van der Waals surface area contributed by atoms with Crippen LogP contribution < -0.4 is 5.73 Å². The Morgan fingerprint density at radius 3 is 2.15 bits per heavy atom. The van der Waals surface area contributed by atoms with Crippen molar-refractivity contribution in [1.82, 2.24) is 4.90 Å². The predicted octanol–water partition coefficient (Wildman–Crippen LogP) is 3.13. The molecule has 0 aromatic carbocycles. The molecule has 2 N–H and O–H groups in total. The molecular formula is C17H36N2O. The molecule has 1 saturated carbocycles. The van der Waals surface area contributed by atoms with E-state index in [0.717, 1.165) is 25.0 Å². The fourth-order valence-electron chi connectivity index (χ4n) is 3.75. The molecule has 1 aliphatic carbocycles. The summed E-state index contributed by atoms with van der Waals surface area (Å²) >= 11 is 0. The van der Waals surface area contributed by atoms with Crippen molar-refractivity contribution in [3.63, 3.8) is 0 Å². The molecule has 0 spiro atoms. The lowest BCUT2D eigenvalue weighted by molar-refractivity contribution is 0.0467.